The number of aromatic amines is 1. The minimum Gasteiger partial charge on any atom is -0.322 e. The molecule has 8 nitrogen and oxygen atoms in total. The van der Waals surface area contributed by atoms with Crippen LogP contribution in [0.2, 0.25) is 0 Å². The van der Waals surface area contributed by atoms with Crippen molar-refractivity contribution >= 4 is 17.4 Å². The van der Waals surface area contributed by atoms with Crippen LogP contribution in [0.1, 0.15) is 47.4 Å². The first-order valence-electron chi connectivity index (χ1n) is 10.4. The molecule has 2 N–H and O–H groups in total. The molecule has 31 heavy (non-hydrogen) atoms. The number of carbonyl (C=O) groups is 2. The summed E-state index contributed by atoms with van der Waals surface area (Å²) in [6.07, 6.45) is 4.74. The lowest BCUT2D eigenvalue weighted by molar-refractivity contribution is -0.122. The Morgan fingerprint density at radius 1 is 1.19 bits per heavy atom. The van der Waals surface area contributed by atoms with Gasteiger partial charge in [-0.15, -0.1) is 0 Å². The van der Waals surface area contributed by atoms with Crippen molar-refractivity contribution in [2.45, 2.75) is 32.6 Å². The van der Waals surface area contributed by atoms with Crippen LogP contribution in [0.4, 0.5) is 5.69 Å². The zero-order chi connectivity index (χ0) is 22.0. The monoisotopic (exact) mass is 416 g/mol. The van der Waals surface area contributed by atoms with E-state index in [-0.39, 0.29) is 23.3 Å². The first kappa shape index (κ1) is 20.5. The fourth-order valence-electron chi connectivity index (χ4n) is 4.23. The first-order valence-corrected chi connectivity index (χ1v) is 10.4. The average Bonchev–Trinajstić information content (AvgIpc) is 3.38. The highest BCUT2D eigenvalue weighted by Crippen LogP contribution is 2.34. The molecular formula is C23H24N6O2. The summed E-state index contributed by atoms with van der Waals surface area (Å²) in [5.74, 6) is -1.06. The molecule has 2 heterocycles. The highest BCUT2D eigenvalue weighted by molar-refractivity contribution is 6.03. The SMILES string of the molecule is Cc1cc(-c2ccc(C(=O)C3CCCCC3C(=O)Nc3cn(C)nc3C#N)cc2)n[nH]1. The summed E-state index contributed by atoms with van der Waals surface area (Å²) in [6, 6.07) is 11.3. The quantitative estimate of drug-likeness (QED) is 0.616. The predicted molar refractivity (Wildman–Crippen MR) is 115 cm³/mol. The van der Waals surface area contributed by atoms with E-state index in [4.69, 9.17) is 0 Å². The third kappa shape index (κ3) is 4.26. The number of H-pyrrole nitrogens is 1. The van der Waals surface area contributed by atoms with E-state index in [1.54, 1.807) is 25.4 Å². The Labute approximate surface area is 180 Å². The van der Waals surface area contributed by atoms with Crippen molar-refractivity contribution in [1.29, 1.82) is 5.26 Å². The van der Waals surface area contributed by atoms with E-state index in [0.29, 0.717) is 24.1 Å². The highest BCUT2D eigenvalue weighted by Gasteiger charge is 2.36. The average molecular weight is 416 g/mol. The van der Waals surface area contributed by atoms with Crippen LogP contribution >= 0.6 is 0 Å². The third-order valence-corrected chi connectivity index (χ3v) is 5.80. The zero-order valence-electron chi connectivity index (χ0n) is 17.6. The number of benzene rings is 1. The van der Waals surface area contributed by atoms with Gasteiger partial charge in [0.2, 0.25) is 5.91 Å². The number of nitrogens with one attached hydrogen (secondary N) is 2. The van der Waals surface area contributed by atoms with Crippen LogP contribution in [0.3, 0.4) is 0 Å². The molecule has 1 aromatic carbocycles. The van der Waals surface area contributed by atoms with Gasteiger partial charge in [-0.2, -0.15) is 15.5 Å². The maximum absolute atomic E-state index is 13.3. The summed E-state index contributed by atoms with van der Waals surface area (Å²) < 4.78 is 1.49. The number of Topliss-reactive ketones (excluding diaryl/α,β-unsaturated/α-hetero) is 1. The normalized spacial score (nSPS) is 18.4. The van der Waals surface area contributed by atoms with Crippen molar-refractivity contribution in [3.05, 3.63) is 53.5 Å². The molecule has 1 aliphatic rings. The van der Waals surface area contributed by atoms with Crippen molar-refractivity contribution in [3.8, 4) is 17.3 Å². The summed E-state index contributed by atoms with van der Waals surface area (Å²) in [5.41, 5.74) is 3.87. The minimum atomic E-state index is -0.429. The molecule has 4 rings (SSSR count). The lowest BCUT2D eigenvalue weighted by atomic mass is 9.75. The number of ketones is 1. The summed E-state index contributed by atoms with van der Waals surface area (Å²) >= 11 is 0. The molecule has 1 aliphatic carbocycles. The molecule has 2 atom stereocenters. The van der Waals surface area contributed by atoms with Crippen molar-refractivity contribution in [1.82, 2.24) is 20.0 Å². The number of rotatable bonds is 5. The molecule has 0 bridgehead atoms. The molecule has 8 heteroatoms. The maximum atomic E-state index is 13.3. The second-order valence-corrected chi connectivity index (χ2v) is 8.04. The van der Waals surface area contributed by atoms with Crippen molar-refractivity contribution < 1.29 is 9.59 Å². The Kier molecular flexibility index (Phi) is 5.67. The van der Waals surface area contributed by atoms with E-state index < -0.39 is 5.92 Å². The number of aromatic nitrogens is 4. The van der Waals surface area contributed by atoms with Gasteiger partial charge in [-0.1, -0.05) is 37.1 Å². The van der Waals surface area contributed by atoms with Gasteiger partial charge in [-0.25, -0.2) is 0 Å². The Morgan fingerprint density at radius 3 is 2.55 bits per heavy atom. The predicted octanol–water partition coefficient (Wildman–Crippen LogP) is 3.62. The van der Waals surface area contributed by atoms with Crippen LogP contribution in [-0.2, 0) is 11.8 Å². The number of amides is 1. The van der Waals surface area contributed by atoms with Gasteiger partial charge in [-0.05, 0) is 25.8 Å². The van der Waals surface area contributed by atoms with Gasteiger partial charge in [0, 0.05) is 41.9 Å². The number of hydrogen-bond acceptors (Lipinski definition) is 5. The summed E-state index contributed by atoms with van der Waals surface area (Å²) in [6.45, 7) is 1.94. The van der Waals surface area contributed by atoms with Gasteiger partial charge in [0.1, 0.15) is 6.07 Å². The molecule has 1 fully saturated rings. The van der Waals surface area contributed by atoms with Gasteiger partial charge in [0.15, 0.2) is 11.5 Å². The Morgan fingerprint density at radius 2 is 1.90 bits per heavy atom. The van der Waals surface area contributed by atoms with Crippen LogP contribution in [-0.4, -0.2) is 31.7 Å². The second kappa shape index (κ2) is 8.56. The summed E-state index contributed by atoms with van der Waals surface area (Å²) in [7, 11) is 1.69. The van der Waals surface area contributed by atoms with E-state index in [2.05, 4.69) is 20.6 Å². The largest absolute Gasteiger partial charge is 0.322 e. The summed E-state index contributed by atoms with van der Waals surface area (Å²) in [5, 5.41) is 23.2. The van der Waals surface area contributed by atoms with E-state index in [1.807, 2.05) is 31.2 Å². The van der Waals surface area contributed by atoms with Crippen LogP contribution in [0, 0.1) is 30.1 Å². The molecule has 0 saturated heterocycles. The number of nitriles is 1. The minimum absolute atomic E-state index is 0.0173. The smallest absolute Gasteiger partial charge is 0.228 e. The Bertz CT molecular complexity index is 1150. The third-order valence-electron chi connectivity index (χ3n) is 5.80. The Hall–Kier alpha value is -3.73. The van der Waals surface area contributed by atoms with Crippen LogP contribution < -0.4 is 5.32 Å². The topological polar surface area (TPSA) is 116 Å². The van der Waals surface area contributed by atoms with Gasteiger partial charge in [-0.3, -0.25) is 19.4 Å². The van der Waals surface area contributed by atoms with Crippen LogP contribution in [0.5, 0.6) is 0 Å². The van der Waals surface area contributed by atoms with Gasteiger partial charge < -0.3 is 5.32 Å². The molecule has 0 aliphatic heterocycles. The molecule has 0 radical (unpaired) electrons. The molecule has 2 unspecified atom stereocenters. The maximum Gasteiger partial charge on any atom is 0.228 e. The molecule has 2 aromatic heterocycles. The lowest BCUT2D eigenvalue weighted by Crippen LogP contribution is -2.36. The molecule has 3 aromatic rings. The molecule has 1 saturated carbocycles. The number of nitrogens with zero attached hydrogens (tertiary/aromatic N) is 4. The molecule has 158 valence electrons. The van der Waals surface area contributed by atoms with E-state index in [0.717, 1.165) is 29.8 Å². The second-order valence-electron chi connectivity index (χ2n) is 8.04. The lowest BCUT2D eigenvalue weighted by Gasteiger charge is -2.29. The Balaban J connectivity index is 1.52. The van der Waals surface area contributed by atoms with Crippen LogP contribution in [0.15, 0.2) is 36.5 Å². The number of aryl methyl sites for hydroxylation is 2. The van der Waals surface area contributed by atoms with Gasteiger partial charge in [0.05, 0.1) is 11.4 Å². The van der Waals surface area contributed by atoms with Gasteiger partial charge >= 0.3 is 0 Å². The highest BCUT2D eigenvalue weighted by atomic mass is 16.2. The van der Waals surface area contributed by atoms with Crippen molar-refractivity contribution in [3.63, 3.8) is 0 Å². The van der Waals surface area contributed by atoms with E-state index >= 15 is 0 Å². The number of hydrogen-bond donors (Lipinski definition) is 2. The summed E-state index contributed by atoms with van der Waals surface area (Å²) in [4.78, 5) is 26.3. The molecule has 0 spiro atoms. The fourth-order valence-corrected chi connectivity index (χ4v) is 4.23. The van der Waals surface area contributed by atoms with Crippen molar-refractivity contribution in [2.24, 2.45) is 18.9 Å². The first-order chi connectivity index (χ1) is 15.0. The van der Waals surface area contributed by atoms with Crippen LogP contribution in [0.25, 0.3) is 11.3 Å². The molecular weight excluding hydrogens is 392 g/mol. The fraction of sp³-hybridized carbons (Fsp3) is 0.348. The zero-order valence-corrected chi connectivity index (χ0v) is 17.6. The number of carbonyl (C=O) groups excluding carboxylic acids is 2. The van der Waals surface area contributed by atoms with Gasteiger partial charge in [0.25, 0.3) is 0 Å². The standard InChI is InChI=1S/C23H24N6O2/c1-14-11-19(27-26-14)15-7-9-16(10-8-15)22(30)17-5-3-4-6-18(17)23(31)25-21-13-29(2)28-20(21)12-24/h7-11,13,17-18H,3-6H2,1-2H3,(H,25,31)(H,26,27). The van der Waals surface area contributed by atoms with E-state index in [1.165, 1.54) is 4.68 Å². The number of anilines is 1. The molecule has 1 amide bonds. The van der Waals surface area contributed by atoms with E-state index in [9.17, 15) is 14.9 Å². The van der Waals surface area contributed by atoms with Crippen molar-refractivity contribution in [2.75, 3.05) is 5.32 Å².